The Kier molecular flexibility index (Phi) is 3.77. The Labute approximate surface area is 161 Å². The molecule has 0 aliphatic heterocycles. The number of anilines is 1. The van der Waals surface area contributed by atoms with Gasteiger partial charge in [-0.25, -0.2) is 15.0 Å². The number of aromatic nitrogens is 5. The molecule has 0 bridgehead atoms. The molecule has 0 spiro atoms. The quantitative estimate of drug-likeness (QED) is 0.523. The van der Waals surface area contributed by atoms with Gasteiger partial charge in [-0.3, -0.25) is 0 Å². The van der Waals surface area contributed by atoms with Crippen LogP contribution in [0.5, 0.6) is 0 Å². The number of fused-ring (bicyclic) bond motifs is 3. The Morgan fingerprint density at radius 2 is 1.61 bits per heavy atom. The van der Waals surface area contributed by atoms with Crippen LogP contribution in [-0.2, 0) is 18.3 Å². The van der Waals surface area contributed by atoms with Crippen molar-refractivity contribution in [2.24, 2.45) is 7.05 Å². The van der Waals surface area contributed by atoms with Gasteiger partial charge < -0.3 is 19.6 Å². The van der Waals surface area contributed by atoms with Crippen LogP contribution in [0, 0.1) is 0 Å². The van der Waals surface area contributed by atoms with Crippen LogP contribution in [0.1, 0.15) is 0 Å². The highest BCUT2D eigenvalue weighted by atomic mass is 16.5. The largest absolute Gasteiger partial charge is 0.384 e. The van der Waals surface area contributed by atoms with E-state index in [2.05, 4.69) is 4.57 Å². The zero-order valence-electron chi connectivity index (χ0n) is 15.8. The number of benzene rings is 2. The molecule has 3 heterocycles. The van der Waals surface area contributed by atoms with Crippen molar-refractivity contribution < 1.29 is 4.74 Å². The Morgan fingerprint density at radius 3 is 2.32 bits per heavy atom. The van der Waals surface area contributed by atoms with Crippen molar-refractivity contribution in [1.82, 2.24) is 24.1 Å². The Hall–Kier alpha value is -3.45. The lowest BCUT2D eigenvalue weighted by Gasteiger charge is -2.07. The summed E-state index contributed by atoms with van der Waals surface area (Å²) < 4.78 is 9.30. The Balaban J connectivity index is 1.87. The summed E-state index contributed by atoms with van der Waals surface area (Å²) in [5.74, 6) is 1.38. The molecule has 0 aliphatic rings. The SMILES string of the molecule is COCCn1c(N)c(-c2nc3ccccc3n2C)c2nc3ccccc3nc21. The molecule has 0 amide bonds. The number of imidazole rings is 1. The zero-order chi connectivity index (χ0) is 19.3. The molecule has 0 saturated carbocycles. The van der Waals surface area contributed by atoms with E-state index >= 15 is 0 Å². The molecule has 140 valence electrons. The first-order valence-electron chi connectivity index (χ1n) is 9.14. The standard InChI is InChI=1S/C21H20N6O/c1-26-16-10-6-5-9-15(16)25-20(26)17-18-21(27(19(17)22)11-12-28-2)24-14-8-4-3-7-13(14)23-18/h3-10H,11-12,22H2,1-2H3. The van der Waals surface area contributed by atoms with Crippen molar-refractivity contribution in [3.63, 3.8) is 0 Å². The lowest BCUT2D eigenvalue weighted by atomic mass is 10.2. The third-order valence-corrected chi connectivity index (χ3v) is 5.12. The molecule has 2 aromatic carbocycles. The van der Waals surface area contributed by atoms with E-state index < -0.39 is 0 Å². The minimum atomic E-state index is 0.532. The first-order valence-corrected chi connectivity index (χ1v) is 9.14. The van der Waals surface area contributed by atoms with Gasteiger partial charge >= 0.3 is 0 Å². The molecule has 0 fully saturated rings. The second-order valence-corrected chi connectivity index (χ2v) is 6.77. The van der Waals surface area contributed by atoms with E-state index in [4.69, 9.17) is 25.4 Å². The second kappa shape index (κ2) is 6.31. The second-order valence-electron chi connectivity index (χ2n) is 6.77. The normalized spacial score (nSPS) is 11.8. The number of hydrogen-bond donors (Lipinski definition) is 1. The van der Waals surface area contributed by atoms with Gasteiger partial charge in [0.1, 0.15) is 17.2 Å². The summed E-state index contributed by atoms with van der Waals surface area (Å²) in [6.45, 7) is 1.13. The highest BCUT2D eigenvalue weighted by Gasteiger charge is 2.23. The van der Waals surface area contributed by atoms with Gasteiger partial charge in [0.2, 0.25) is 0 Å². The summed E-state index contributed by atoms with van der Waals surface area (Å²) in [5, 5.41) is 0. The number of aryl methyl sites for hydroxylation is 1. The maximum Gasteiger partial charge on any atom is 0.161 e. The molecule has 2 N–H and O–H groups in total. The molecule has 0 saturated heterocycles. The van der Waals surface area contributed by atoms with Gasteiger partial charge in [-0.15, -0.1) is 0 Å². The van der Waals surface area contributed by atoms with Crippen LogP contribution in [0.3, 0.4) is 0 Å². The molecule has 0 unspecified atom stereocenters. The third-order valence-electron chi connectivity index (χ3n) is 5.12. The van der Waals surface area contributed by atoms with Gasteiger partial charge in [0.15, 0.2) is 5.65 Å². The number of nitrogens with zero attached hydrogens (tertiary/aromatic N) is 5. The number of hydrogen-bond acceptors (Lipinski definition) is 5. The smallest absolute Gasteiger partial charge is 0.161 e. The van der Waals surface area contributed by atoms with Gasteiger partial charge in [0.25, 0.3) is 0 Å². The maximum atomic E-state index is 6.62. The van der Waals surface area contributed by atoms with Gasteiger partial charge in [-0.1, -0.05) is 24.3 Å². The van der Waals surface area contributed by atoms with Gasteiger partial charge in [-0.2, -0.15) is 0 Å². The number of rotatable bonds is 4. The summed E-state index contributed by atoms with van der Waals surface area (Å²) in [7, 11) is 3.67. The van der Waals surface area contributed by atoms with Crippen LogP contribution in [0.4, 0.5) is 5.82 Å². The van der Waals surface area contributed by atoms with E-state index in [1.807, 2.05) is 60.1 Å². The lowest BCUT2D eigenvalue weighted by Crippen LogP contribution is -2.08. The first kappa shape index (κ1) is 16.7. The minimum Gasteiger partial charge on any atom is -0.384 e. The van der Waals surface area contributed by atoms with Gasteiger partial charge in [0, 0.05) is 20.7 Å². The summed E-state index contributed by atoms with van der Waals surface area (Å²) in [6.07, 6.45) is 0. The lowest BCUT2D eigenvalue weighted by molar-refractivity contribution is 0.189. The maximum absolute atomic E-state index is 6.62. The number of para-hydroxylation sites is 4. The third kappa shape index (κ3) is 2.36. The van der Waals surface area contributed by atoms with E-state index in [9.17, 15) is 0 Å². The van der Waals surface area contributed by atoms with Crippen LogP contribution in [-0.4, -0.2) is 37.8 Å². The summed E-state index contributed by atoms with van der Waals surface area (Å²) in [4.78, 5) is 14.6. The molecule has 0 radical (unpaired) electrons. The highest BCUT2D eigenvalue weighted by Crippen LogP contribution is 2.36. The van der Waals surface area contributed by atoms with Gasteiger partial charge in [-0.05, 0) is 24.3 Å². The van der Waals surface area contributed by atoms with E-state index in [0.29, 0.717) is 19.0 Å². The molecule has 7 nitrogen and oxygen atoms in total. The zero-order valence-corrected chi connectivity index (χ0v) is 15.8. The fourth-order valence-electron chi connectivity index (χ4n) is 3.72. The number of nitrogens with two attached hydrogens (primary N) is 1. The van der Waals surface area contributed by atoms with Crippen molar-refractivity contribution in [2.75, 3.05) is 19.5 Å². The fourth-order valence-corrected chi connectivity index (χ4v) is 3.72. The van der Waals surface area contributed by atoms with Crippen LogP contribution in [0.15, 0.2) is 48.5 Å². The topological polar surface area (TPSA) is 83.8 Å². The first-order chi connectivity index (χ1) is 13.7. The van der Waals surface area contributed by atoms with E-state index in [1.165, 1.54) is 0 Å². The monoisotopic (exact) mass is 372 g/mol. The highest BCUT2D eigenvalue weighted by molar-refractivity contribution is 6.01. The van der Waals surface area contributed by atoms with Crippen LogP contribution in [0.25, 0.3) is 44.6 Å². The fraction of sp³-hybridized carbons (Fsp3) is 0.190. The predicted octanol–water partition coefficient (Wildman–Crippen LogP) is 3.37. The number of nitrogen functional groups attached to an aromatic ring is 1. The minimum absolute atomic E-state index is 0.532. The Morgan fingerprint density at radius 1 is 0.929 bits per heavy atom. The predicted molar refractivity (Wildman–Crippen MR) is 111 cm³/mol. The van der Waals surface area contributed by atoms with E-state index in [0.717, 1.165) is 44.6 Å². The molecular formula is C21H20N6O. The average Bonchev–Trinajstić information content (AvgIpc) is 3.18. The summed E-state index contributed by atoms with van der Waals surface area (Å²) in [5.41, 5.74) is 12.6. The number of methoxy groups -OCH3 is 1. The summed E-state index contributed by atoms with van der Waals surface area (Å²) >= 11 is 0. The number of ether oxygens (including phenoxy) is 1. The van der Waals surface area contributed by atoms with Crippen molar-refractivity contribution in [3.8, 4) is 11.4 Å². The summed E-state index contributed by atoms with van der Waals surface area (Å²) in [6, 6.07) is 15.9. The molecule has 7 heteroatoms. The molecule has 0 aliphatic carbocycles. The van der Waals surface area contributed by atoms with Crippen molar-refractivity contribution >= 4 is 39.0 Å². The van der Waals surface area contributed by atoms with Crippen molar-refractivity contribution in [1.29, 1.82) is 0 Å². The van der Waals surface area contributed by atoms with E-state index in [-0.39, 0.29) is 0 Å². The van der Waals surface area contributed by atoms with Crippen LogP contribution < -0.4 is 5.73 Å². The Bertz CT molecular complexity index is 1330. The average molecular weight is 372 g/mol. The molecule has 5 rings (SSSR count). The van der Waals surface area contributed by atoms with Crippen LogP contribution >= 0.6 is 0 Å². The molecule has 3 aromatic heterocycles. The molecule has 0 atom stereocenters. The van der Waals surface area contributed by atoms with Crippen LogP contribution in [0.2, 0.25) is 0 Å². The molecule has 28 heavy (non-hydrogen) atoms. The van der Waals surface area contributed by atoms with Gasteiger partial charge in [0.05, 0.1) is 34.2 Å². The molecular weight excluding hydrogens is 352 g/mol. The molecule has 5 aromatic rings. The van der Waals surface area contributed by atoms with E-state index in [1.54, 1.807) is 7.11 Å². The van der Waals surface area contributed by atoms with Crippen molar-refractivity contribution in [3.05, 3.63) is 48.5 Å². The van der Waals surface area contributed by atoms with Crippen molar-refractivity contribution in [2.45, 2.75) is 6.54 Å².